The molecule has 2 aromatic rings. The van der Waals surface area contributed by atoms with E-state index in [9.17, 15) is 9.18 Å². The number of ether oxygens (including phenoxy) is 1. The number of ketones is 1. The van der Waals surface area contributed by atoms with Gasteiger partial charge in [-0.05, 0) is 60.4 Å². The van der Waals surface area contributed by atoms with Crippen molar-refractivity contribution >= 4 is 5.78 Å². The Labute approximate surface area is 124 Å². The first-order valence-corrected chi connectivity index (χ1v) is 6.99. The average molecular weight is 286 g/mol. The zero-order chi connectivity index (χ0) is 15.4. The van der Waals surface area contributed by atoms with E-state index in [0.29, 0.717) is 17.2 Å². The standard InChI is InChI=1S/C18H19FO2/c1-12(2)15-8-13(3)9-17(10-15)21-11-18(20)14-4-6-16(19)7-5-14/h4-10,12H,11H2,1-3H3. The molecule has 0 aliphatic rings. The van der Waals surface area contributed by atoms with Crippen molar-refractivity contribution in [3.8, 4) is 5.75 Å². The van der Waals surface area contributed by atoms with Crippen molar-refractivity contribution in [3.05, 3.63) is 65.0 Å². The minimum absolute atomic E-state index is 0.0490. The Balaban J connectivity index is 2.05. The lowest BCUT2D eigenvalue weighted by Crippen LogP contribution is -2.11. The van der Waals surface area contributed by atoms with Crippen LogP contribution in [-0.2, 0) is 0 Å². The summed E-state index contributed by atoms with van der Waals surface area (Å²) in [7, 11) is 0. The zero-order valence-corrected chi connectivity index (χ0v) is 12.5. The molecule has 0 heterocycles. The number of carbonyl (C=O) groups excluding carboxylic acids is 1. The molecule has 0 aliphatic heterocycles. The Morgan fingerprint density at radius 2 is 1.81 bits per heavy atom. The average Bonchev–Trinajstić information content (AvgIpc) is 2.45. The normalized spacial score (nSPS) is 10.7. The Kier molecular flexibility index (Phi) is 4.73. The van der Waals surface area contributed by atoms with Gasteiger partial charge >= 0.3 is 0 Å². The van der Waals surface area contributed by atoms with Crippen molar-refractivity contribution in [1.29, 1.82) is 0 Å². The van der Waals surface area contributed by atoms with Crippen LogP contribution in [0.1, 0.15) is 41.3 Å². The van der Waals surface area contributed by atoms with E-state index in [4.69, 9.17) is 4.74 Å². The van der Waals surface area contributed by atoms with Crippen LogP contribution in [0.3, 0.4) is 0 Å². The van der Waals surface area contributed by atoms with Crippen LogP contribution in [0.15, 0.2) is 42.5 Å². The fraction of sp³-hybridized carbons (Fsp3) is 0.278. The van der Waals surface area contributed by atoms with E-state index in [1.165, 1.54) is 29.8 Å². The summed E-state index contributed by atoms with van der Waals surface area (Å²) in [6.07, 6.45) is 0. The Morgan fingerprint density at radius 3 is 2.43 bits per heavy atom. The molecule has 0 spiro atoms. The van der Waals surface area contributed by atoms with E-state index >= 15 is 0 Å². The smallest absolute Gasteiger partial charge is 0.200 e. The first kappa shape index (κ1) is 15.2. The maximum absolute atomic E-state index is 12.8. The summed E-state index contributed by atoms with van der Waals surface area (Å²) < 4.78 is 18.4. The molecule has 0 aliphatic carbocycles. The summed E-state index contributed by atoms with van der Waals surface area (Å²) in [5.74, 6) is 0.574. The lowest BCUT2D eigenvalue weighted by molar-refractivity contribution is 0.0921. The van der Waals surface area contributed by atoms with Crippen LogP contribution in [0.25, 0.3) is 0 Å². The third kappa shape index (κ3) is 4.15. The van der Waals surface area contributed by atoms with Gasteiger partial charge in [-0.1, -0.05) is 19.9 Å². The number of Topliss-reactive ketones (excluding diaryl/α,β-unsaturated/α-hetero) is 1. The highest BCUT2D eigenvalue weighted by atomic mass is 19.1. The molecule has 0 aromatic heterocycles. The van der Waals surface area contributed by atoms with Crippen molar-refractivity contribution in [2.24, 2.45) is 0 Å². The summed E-state index contributed by atoms with van der Waals surface area (Å²) in [5.41, 5.74) is 2.73. The van der Waals surface area contributed by atoms with Gasteiger partial charge in [0.2, 0.25) is 0 Å². The van der Waals surface area contributed by atoms with Gasteiger partial charge in [-0.2, -0.15) is 0 Å². The minimum atomic E-state index is -0.354. The molecule has 3 heteroatoms. The van der Waals surface area contributed by atoms with Gasteiger partial charge in [0.25, 0.3) is 0 Å². The molecular weight excluding hydrogens is 267 g/mol. The van der Waals surface area contributed by atoms with Crippen molar-refractivity contribution in [1.82, 2.24) is 0 Å². The van der Waals surface area contributed by atoms with Gasteiger partial charge in [-0.25, -0.2) is 4.39 Å². The van der Waals surface area contributed by atoms with Gasteiger partial charge in [-0.15, -0.1) is 0 Å². The van der Waals surface area contributed by atoms with Crippen LogP contribution in [0.5, 0.6) is 5.75 Å². The van der Waals surface area contributed by atoms with E-state index in [0.717, 1.165) is 5.56 Å². The number of aryl methyl sites for hydroxylation is 1. The minimum Gasteiger partial charge on any atom is -0.485 e. The Bertz CT molecular complexity index is 630. The molecule has 21 heavy (non-hydrogen) atoms. The van der Waals surface area contributed by atoms with Crippen LogP contribution in [-0.4, -0.2) is 12.4 Å². The predicted molar refractivity (Wildman–Crippen MR) is 81.5 cm³/mol. The molecular formula is C18H19FO2. The third-order valence-corrected chi connectivity index (χ3v) is 3.28. The van der Waals surface area contributed by atoms with Crippen molar-refractivity contribution in [2.75, 3.05) is 6.61 Å². The number of carbonyl (C=O) groups is 1. The van der Waals surface area contributed by atoms with Gasteiger partial charge in [0, 0.05) is 5.56 Å². The number of hydrogen-bond acceptors (Lipinski definition) is 2. The SMILES string of the molecule is Cc1cc(OCC(=O)c2ccc(F)cc2)cc(C(C)C)c1. The summed E-state index contributed by atoms with van der Waals surface area (Å²) in [6, 6.07) is 11.5. The maximum atomic E-state index is 12.8. The predicted octanol–water partition coefficient (Wildman–Crippen LogP) is 4.52. The third-order valence-electron chi connectivity index (χ3n) is 3.28. The molecule has 2 nitrogen and oxygen atoms in total. The van der Waals surface area contributed by atoms with Crippen molar-refractivity contribution < 1.29 is 13.9 Å². The van der Waals surface area contributed by atoms with Crippen LogP contribution >= 0.6 is 0 Å². The van der Waals surface area contributed by atoms with Gasteiger partial charge in [0.15, 0.2) is 12.4 Å². The number of benzene rings is 2. The number of rotatable bonds is 5. The van der Waals surface area contributed by atoms with Gasteiger partial charge in [-0.3, -0.25) is 4.79 Å². The molecule has 110 valence electrons. The fourth-order valence-electron chi connectivity index (χ4n) is 2.06. The van der Waals surface area contributed by atoms with E-state index in [-0.39, 0.29) is 18.2 Å². The Morgan fingerprint density at radius 1 is 1.14 bits per heavy atom. The van der Waals surface area contributed by atoms with E-state index in [2.05, 4.69) is 19.9 Å². The van der Waals surface area contributed by atoms with Gasteiger partial charge in [0.1, 0.15) is 11.6 Å². The number of halogens is 1. The van der Waals surface area contributed by atoms with E-state index in [1.807, 2.05) is 19.1 Å². The van der Waals surface area contributed by atoms with Crippen LogP contribution in [0, 0.1) is 12.7 Å². The highest BCUT2D eigenvalue weighted by Gasteiger charge is 2.08. The Hall–Kier alpha value is -2.16. The fourth-order valence-corrected chi connectivity index (χ4v) is 2.06. The second-order valence-electron chi connectivity index (χ2n) is 5.45. The molecule has 2 aromatic carbocycles. The monoisotopic (exact) mass is 286 g/mol. The molecule has 2 rings (SSSR count). The highest BCUT2D eigenvalue weighted by Crippen LogP contribution is 2.23. The van der Waals surface area contributed by atoms with Crippen molar-refractivity contribution in [3.63, 3.8) is 0 Å². The van der Waals surface area contributed by atoms with Crippen LogP contribution in [0.2, 0.25) is 0 Å². The molecule has 0 atom stereocenters. The molecule has 0 bridgehead atoms. The first-order chi connectivity index (χ1) is 9.95. The maximum Gasteiger partial charge on any atom is 0.200 e. The molecule has 0 radical (unpaired) electrons. The summed E-state index contributed by atoms with van der Waals surface area (Å²) in [4.78, 5) is 12.0. The van der Waals surface area contributed by atoms with Crippen molar-refractivity contribution in [2.45, 2.75) is 26.7 Å². The number of hydrogen-bond donors (Lipinski definition) is 0. The topological polar surface area (TPSA) is 26.3 Å². The van der Waals surface area contributed by atoms with E-state index < -0.39 is 0 Å². The molecule has 0 unspecified atom stereocenters. The van der Waals surface area contributed by atoms with Gasteiger partial charge in [0.05, 0.1) is 0 Å². The highest BCUT2D eigenvalue weighted by molar-refractivity contribution is 5.97. The molecule has 0 saturated carbocycles. The molecule has 0 fully saturated rings. The largest absolute Gasteiger partial charge is 0.485 e. The molecule has 0 N–H and O–H groups in total. The second-order valence-corrected chi connectivity index (χ2v) is 5.45. The van der Waals surface area contributed by atoms with Gasteiger partial charge < -0.3 is 4.74 Å². The van der Waals surface area contributed by atoms with E-state index in [1.54, 1.807) is 0 Å². The molecule has 0 amide bonds. The lowest BCUT2D eigenvalue weighted by Gasteiger charge is -2.11. The quantitative estimate of drug-likeness (QED) is 0.755. The lowest BCUT2D eigenvalue weighted by atomic mass is 10.0. The summed E-state index contributed by atoms with van der Waals surface area (Å²) in [5, 5.41) is 0. The van der Waals surface area contributed by atoms with Crippen LogP contribution < -0.4 is 4.74 Å². The summed E-state index contributed by atoms with van der Waals surface area (Å²) in [6.45, 7) is 6.18. The molecule has 0 saturated heterocycles. The zero-order valence-electron chi connectivity index (χ0n) is 12.5. The first-order valence-electron chi connectivity index (χ1n) is 6.99. The second kappa shape index (κ2) is 6.53. The van der Waals surface area contributed by atoms with Crippen LogP contribution in [0.4, 0.5) is 4.39 Å². The summed E-state index contributed by atoms with van der Waals surface area (Å²) >= 11 is 0.